The number of hydrogen-bond acceptors (Lipinski definition) is 8. The molecule has 0 atom stereocenters. The Morgan fingerprint density at radius 3 is 2.41 bits per heavy atom. The Morgan fingerprint density at radius 1 is 0.971 bits per heavy atom. The van der Waals surface area contributed by atoms with E-state index in [1.807, 2.05) is 24.3 Å². The van der Waals surface area contributed by atoms with Crippen molar-refractivity contribution in [2.24, 2.45) is 0 Å². The first-order valence-electron chi connectivity index (χ1n) is 10.3. The molecule has 4 aromatic rings. The molecular weight excluding hydrogens is 438 g/mol. The normalized spacial score (nSPS) is 10.4. The maximum atomic E-state index is 12.7. The van der Waals surface area contributed by atoms with Crippen molar-refractivity contribution in [2.75, 3.05) is 32.0 Å². The summed E-state index contributed by atoms with van der Waals surface area (Å²) in [6.07, 6.45) is 3.68. The van der Waals surface area contributed by atoms with Gasteiger partial charge >= 0.3 is 6.03 Å². The number of ether oxygens (including phenoxy) is 3. The molecule has 4 rings (SSSR count). The Labute approximate surface area is 195 Å². The second-order valence-corrected chi connectivity index (χ2v) is 7.08. The third kappa shape index (κ3) is 5.07. The van der Waals surface area contributed by atoms with Crippen LogP contribution in [0, 0.1) is 0 Å². The number of aromatic nitrogens is 3. The van der Waals surface area contributed by atoms with Gasteiger partial charge in [0, 0.05) is 35.8 Å². The number of para-hydroxylation sites is 1. The molecule has 2 N–H and O–H groups in total. The molecule has 0 radical (unpaired) electrons. The monoisotopic (exact) mass is 461 g/mol. The molecule has 0 fully saturated rings. The summed E-state index contributed by atoms with van der Waals surface area (Å²) in [7, 11) is 4.53. The summed E-state index contributed by atoms with van der Waals surface area (Å²) in [6, 6.07) is 13.9. The highest BCUT2D eigenvalue weighted by molar-refractivity contribution is 6.00. The molecule has 174 valence electrons. The fourth-order valence-corrected chi connectivity index (χ4v) is 3.34. The zero-order valence-electron chi connectivity index (χ0n) is 18.9. The number of methoxy groups -OCH3 is 3. The van der Waals surface area contributed by atoms with Crippen molar-refractivity contribution in [3.8, 4) is 28.6 Å². The topological polar surface area (TPSA) is 121 Å². The van der Waals surface area contributed by atoms with Crippen molar-refractivity contribution in [3.63, 3.8) is 0 Å². The van der Waals surface area contributed by atoms with E-state index < -0.39 is 6.03 Å². The van der Waals surface area contributed by atoms with Gasteiger partial charge in [0.1, 0.15) is 0 Å². The quantitative estimate of drug-likeness (QED) is 0.396. The van der Waals surface area contributed by atoms with Crippen molar-refractivity contribution in [1.82, 2.24) is 15.1 Å². The van der Waals surface area contributed by atoms with Crippen LogP contribution in [0.15, 0.2) is 65.4 Å². The van der Waals surface area contributed by atoms with Gasteiger partial charge in [0.15, 0.2) is 11.5 Å². The molecule has 0 spiro atoms. The number of nitrogens with zero attached hydrogens (tertiary/aromatic N) is 3. The Balaban J connectivity index is 1.49. The molecular formula is C24H23N5O5. The van der Waals surface area contributed by atoms with Crippen LogP contribution in [-0.2, 0) is 6.42 Å². The van der Waals surface area contributed by atoms with Crippen LogP contribution in [0.25, 0.3) is 11.4 Å². The highest BCUT2D eigenvalue weighted by Gasteiger charge is 2.16. The summed E-state index contributed by atoms with van der Waals surface area (Å²) in [5.74, 6) is 2.16. The van der Waals surface area contributed by atoms with Crippen LogP contribution in [0.4, 0.5) is 16.2 Å². The minimum Gasteiger partial charge on any atom is -0.493 e. The largest absolute Gasteiger partial charge is 0.493 e. The first kappa shape index (κ1) is 22.6. The number of hydrogen-bond donors (Lipinski definition) is 2. The molecule has 10 heteroatoms. The minimum absolute atomic E-state index is 0.341. The van der Waals surface area contributed by atoms with Crippen LogP contribution >= 0.6 is 0 Å². The third-order valence-electron chi connectivity index (χ3n) is 4.92. The van der Waals surface area contributed by atoms with Crippen LogP contribution in [-0.4, -0.2) is 42.5 Å². The van der Waals surface area contributed by atoms with Gasteiger partial charge in [-0.2, -0.15) is 4.98 Å². The SMILES string of the molecule is COc1cc(NC(=O)Nc2ccccc2Cc2nc(-c3cccnc3)no2)cc(OC)c1OC. The maximum absolute atomic E-state index is 12.7. The van der Waals surface area contributed by atoms with E-state index >= 15 is 0 Å². The molecule has 34 heavy (non-hydrogen) atoms. The van der Waals surface area contributed by atoms with E-state index in [0.717, 1.165) is 11.1 Å². The number of carbonyl (C=O) groups is 1. The molecule has 2 amide bonds. The van der Waals surface area contributed by atoms with E-state index in [9.17, 15) is 4.79 Å². The van der Waals surface area contributed by atoms with Crippen LogP contribution in [0.2, 0.25) is 0 Å². The lowest BCUT2D eigenvalue weighted by atomic mass is 10.1. The predicted octanol–water partition coefficient (Wildman–Crippen LogP) is 4.39. The zero-order chi connectivity index (χ0) is 23.9. The summed E-state index contributed by atoms with van der Waals surface area (Å²) in [5.41, 5.74) is 2.65. The van der Waals surface area contributed by atoms with Crippen molar-refractivity contribution >= 4 is 17.4 Å². The van der Waals surface area contributed by atoms with E-state index in [0.29, 0.717) is 46.8 Å². The highest BCUT2D eigenvalue weighted by atomic mass is 16.5. The molecule has 0 aliphatic heterocycles. The lowest BCUT2D eigenvalue weighted by molar-refractivity contribution is 0.262. The van der Waals surface area contributed by atoms with Crippen molar-refractivity contribution < 1.29 is 23.5 Å². The number of urea groups is 1. The van der Waals surface area contributed by atoms with Gasteiger partial charge in [-0.1, -0.05) is 23.4 Å². The molecule has 2 aromatic heterocycles. The molecule has 0 saturated carbocycles. The van der Waals surface area contributed by atoms with Crippen LogP contribution in [0.3, 0.4) is 0 Å². The predicted molar refractivity (Wildman–Crippen MR) is 126 cm³/mol. The molecule has 0 saturated heterocycles. The highest BCUT2D eigenvalue weighted by Crippen LogP contribution is 2.40. The maximum Gasteiger partial charge on any atom is 0.323 e. The molecule has 2 aromatic carbocycles. The molecule has 0 unspecified atom stereocenters. The number of pyridine rings is 1. The van der Waals surface area contributed by atoms with Gasteiger partial charge in [-0.25, -0.2) is 4.79 Å². The Hall–Kier alpha value is -4.60. The average molecular weight is 461 g/mol. The van der Waals surface area contributed by atoms with Crippen molar-refractivity contribution in [1.29, 1.82) is 0 Å². The van der Waals surface area contributed by atoms with Crippen LogP contribution in [0.1, 0.15) is 11.5 Å². The Morgan fingerprint density at radius 2 is 1.74 bits per heavy atom. The standard InChI is InChI=1S/C24H23N5O5/c1-31-19-12-17(13-20(32-2)22(19)33-3)26-24(30)27-18-9-5-4-7-15(18)11-21-28-23(29-34-21)16-8-6-10-25-14-16/h4-10,12-14H,11H2,1-3H3,(H2,26,27,30). The summed E-state index contributed by atoms with van der Waals surface area (Å²) >= 11 is 0. The van der Waals surface area contributed by atoms with Crippen LogP contribution < -0.4 is 24.8 Å². The zero-order valence-corrected chi connectivity index (χ0v) is 18.9. The molecule has 0 aliphatic rings. The van der Waals surface area contributed by atoms with Gasteiger partial charge in [0.2, 0.25) is 17.5 Å². The number of anilines is 2. The number of carbonyl (C=O) groups excluding carboxylic acids is 1. The smallest absolute Gasteiger partial charge is 0.323 e. The van der Waals surface area contributed by atoms with E-state index in [4.69, 9.17) is 18.7 Å². The lowest BCUT2D eigenvalue weighted by Gasteiger charge is -2.15. The second kappa shape index (κ2) is 10.3. The second-order valence-electron chi connectivity index (χ2n) is 7.08. The minimum atomic E-state index is -0.441. The van der Waals surface area contributed by atoms with Crippen molar-refractivity contribution in [3.05, 3.63) is 72.4 Å². The van der Waals surface area contributed by atoms with Gasteiger partial charge in [0.05, 0.1) is 33.4 Å². The van der Waals surface area contributed by atoms with E-state index in [1.165, 1.54) is 21.3 Å². The Bertz CT molecular complexity index is 1250. The first-order chi connectivity index (χ1) is 16.6. The fourth-order valence-electron chi connectivity index (χ4n) is 3.34. The number of benzene rings is 2. The summed E-state index contributed by atoms with van der Waals surface area (Å²) in [4.78, 5) is 21.2. The van der Waals surface area contributed by atoms with Gasteiger partial charge in [-0.15, -0.1) is 0 Å². The van der Waals surface area contributed by atoms with Gasteiger partial charge in [-0.3, -0.25) is 4.98 Å². The van der Waals surface area contributed by atoms with Crippen molar-refractivity contribution in [2.45, 2.75) is 6.42 Å². The average Bonchev–Trinajstić information content (AvgIpc) is 3.33. The number of rotatable bonds is 8. The van der Waals surface area contributed by atoms with Gasteiger partial charge < -0.3 is 29.4 Å². The Kier molecular flexibility index (Phi) is 6.87. The lowest BCUT2D eigenvalue weighted by Crippen LogP contribution is -2.20. The third-order valence-corrected chi connectivity index (χ3v) is 4.92. The van der Waals surface area contributed by atoms with Crippen LogP contribution in [0.5, 0.6) is 17.2 Å². The molecule has 0 bridgehead atoms. The van der Waals surface area contributed by atoms with E-state index in [1.54, 1.807) is 36.7 Å². The summed E-state index contributed by atoms with van der Waals surface area (Å²) < 4.78 is 21.4. The molecule has 2 heterocycles. The number of amides is 2. The van der Waals surface area contributed by atoms with Gasteiger partial charge in [-0.05, 0) is 23.8 Å². The van der Waals surface area contributed by atoms with E-state index in [-0.39, 0.29) is 0 Å². The first-order valence-corrected chi connectivity index (χ1v) is 10.3. The summed E-state index contributed by atoms with van der Waals surface area (Å²) in [6.45, 7) is 0. The van der Waals surface area contributed by atoms with Gasteiger partial charge in [0.25, 0.3) is 0 Å². The number of nitrogens with one attached hydrogen (secondary N) is 2. The molecule has 10 nitrogen and oxygen atoms in total. The summed E-state index contributed by atoms with van der Waals surface area (Å²) in [5, 5.41) is 9.66. The fraction of sp³-hybridized carbons (Fsp3) is 0.167. The van der Waals surface area contributed by atoms with E-state index in [2.05, 4.69) is 25.8 Å². The molecule has 0 aliphatic carbocycles.